The van der Waals surface area contributed by atoms with E-state index in [9.17, 15) is 4.79 Å². The molecule has 0 aromatic heterocycles. The lowest BCUT2D eigenvalue weighted by molar-refractivity contribution is -0.148. The number of hydrogen-bond acceptors (Lipinski definition) is 2. The lowest BCUT2D eigenvalue weighted by atomic mass is 10.2. The average molecular weight is 170 g/mol. The van der Waals surface area contributed by atoms with Gasteiger partial charge in [-0.1, -0.05) is 19.9 Å². The lowest BCUT2D eigenvalue weighted by Gasteiger charge is -2.17. The average Bonchev–Trinajstić information content (AvgIpc) is 1.79. The number of esters is 1. The first-order chi connectivity index (χ1) is 5.31. The van der Waals surface area contributed by atoms with Crippen molar-refractivity contribution in [2.75, 3.05) is 0 Å². The van der Waals surface area contributed by atoms with Gasteiger partial charge in [0.15, 0.2) is 0 Å². The molecule has 0 rings (SSSR count). The van der Waals surface area contributed by atoms with E-state index >= 15 is 0 Å². The van der Waals surface area contributed by atoms with Gasteiger partial charge in [0.1, 0.15) is 5.60 Å². The molecule has 0 fully saturated rings. The third-order valence-electron chi connectivity index (χ3n) is 1.02. The highest BCUT2D eigenvalue weighted by atomic mass is 16.6. The summed E-state index contributed by atoms with van der Waals surface area (Å²) in [5, 5.41) is 0. The second kappa shape index (κ2) is 4.29. The Hall–Kier alpha value is -0.790. The molecule has 70 valence electrons. The molecule has 0 saturated carbocycles. The van der Waals surface area contributed by atoms with Gasteiger partial charge in [-0.25, -0.2) is 4.79 Å². The molecule has 2 heteroatoms. The number of carbonyl (C=O) groups is 1. The Bertz CT molecular complexity index is 173. The predicted molar refractivity (Wildman–Crippen MR) is 49.8 cm³/mol. The van der Waals surface area contributed by atoms with Crippen molar-refractivity contribution >= 4 is 5.97 Å². The van der Waals surface area contributed by atoms with Crippen molar-refractivity contribution in [1.82, 2.24) is 0 Å². The molecule has 0 heterocycles. The van der Waals surface area contributed by atoms with Gasteiger partial charge in [-0.2, -0.15) is 0 Å². The Labute approximate surface area is 74.6 Å². The number of rotatable bonds is 2. The van der Waals surface area contributed by atoms with E-state index in [4.69, 9.17) is 4.74 Å². The molecular weight excluding hydrogens is 152 g/mol. The number of hydrogen-bond donors (Lipinski definition) is 0. The fourth-order valence-electron chi connectivity index (χ4n) is 0.607. The van der Waals surface area contributed by atoms with Crippen molar-refractivity contribution < 1.29 is 9.53 Å². The number of allylic oxidation sites excluding steroid dienone is 1. The quantitative estimate of drug-likeness (QED) is 0.470. The molecule has 0 bridgehead atoms. The maximum atomic E-state index is 11.1. The van der Waals surface area contributed by atoms with Crippen molar-refractivity contribution in [3.8, 4) is 0 Å². The second-order valence-electron chi connectivity index (χ2n) is 4.14. The third kappa shape index (κ3) is 7.32. The highest BCUT2D eigenvalue weighted by Gasteiger charge is 2.13. The molecule has 0 aliphatic heterocycles. The van der Waals surface area contributed by atoms with Crippen LogP contribution in [0, 0.1) is 5.92 Å². The molecule has 2 nitrogen and oxygen atoms in total. The van der Waals surface area contributed by atoms with Gasteiger partial charge < -0.3 is 4.74 Å². The molecule has 0 spiro atoms. The topological polar surface area (TPSA) is 26.3 Å². The zero-order valence-corrected chi connectivity index (χ0v) is 8.55. The molecule has 0 saturated heterocycles. The van der Waals surface area contributed by atoms with E-state index in [1.807, 2.05) is 40.7 Å². The van der Waals surface area contributed by atoms with Crippen molar-refractivity contribution in [2.45, 2.75) is 40.2 Å². The molecule has 0 unspecified atom stereocenters. The van der Waals surface area contributed by atoms with Gasteiger partial charge in [0.25, 0.3) is 0 Å². The Morgan fingerprint density at radius 3 is 2.17 bits per heavy atom. The first kappa shape index (κ1) is 11.2. The minimum Gasteiger partial charge on any atom is -0.457 e. The van der Waals surface area contributed by atoms with Crippen LogP contribution in [0.3, 0.4) is 0 Å². The molecule has 0 aliphatic rings. The molecule has 12 heavy (non-hydrogen) atoms. The molecule has 0 amide bonds. The van der Waals surface area contributed by atoms with Crippen LogP contribution in [0.15, 0.2) is 12.2 Å². The highest BCUT2D eigenvalue weighted by molar-refractivity contribution is 5.82. The van der Waals surface area contributed by atoms with Crippen LogP contribution in [-0.4, -0.2) is 11.6 Å². The van der Waals surface area contributed by atoms with Gasteiger partial charge >= 0.3 is 5.97 Å². The van der Waals surface area contributed by atoms with E-state index in [1.165, 1.54) is 6.08 Å². The molecule has 0 aromatic rings. The maximum Gasteiger partial charge on any atom is 0.330 e. The normalized spacial score (nSPS) is 12.5. The number of ether oxygens (including phenoxy) is 1. The summed E-state index contributed by atoms with van der Waals surface area (Å²) in [6.45, 7) is 9.60. The Morgan fingerprint density at radius 1 is 1.33 bits per heavy atom. The van der Waals surface area contributed by atoms with E-state index in [1.54, 1.807) is 0 Å². The van der Waals surface area contributed by atoms with Gasteiger partial charge in [-0.05, 0) is 26.7 Å². The molecule has 0 atom stereocenters. The minimum atomic E-state index is -0.390. The van der Waals surface area contributed by atoms with E-state index in [2.05, 4.69) is 0 Å². The number of carbonyl (C=O) groups excluding carboxylic acids is 1. The second-order valence-corrected chi connectivity index (χ2v) is 4.14. The first-order valence-electron chi connectivity index (χ1n) is 4.22. The van der Waals surface area contributed by atoms with Gasteiger partial charge in [0.2, 0.25) is 0 Å². The van der Waals surface area contributed by atoms with E-state index in [0.29, 0.717) is 5.92 Å². The minimum absolute atomic E-state index is 0.267. The van der Waals surface area contributed by atoms with Crippen LogP contribution in [0.1, 0.15) is 34.6 Å². The summed E-state index contributed by atoms with van der Waals surface area (Å²) in [4.78, 5) is 11.1. The van der Waals surface area contributed by atoms with Crippen LogP contribution in [0.4, 0.5) is 0 Å². The Kier molecular flexibility index (Phi) is 4.01. The summed E-state index contributed by atoms with van der Waals surface area (Å²) in [7, 11) is 0. The lowest BCUT2D eigenvalue weighted by Crippen LogP contribution is -2.22. The summed E-state index contributed by atoms with van der Waals surface area (Å²) in [5.41, 5.74) is -0.390. The van der Waals surface area contributed by atoms with Gasteiger partial charge in [0.05, 0.1) is 0 Å². The SMILES string of the molecule is CC(C)C=CC(=O)OC(C)(C)C. The predicted octanol–water partition coefficient (Wildman–Crippen LogP) is 2.54. The standard InChI is InChI=1S/C10H18O2/c1-8(2)6-7-9(11)12-10(3,4)5/h6-8H,1-5H3. The van der Waals surface area contributed by atoms with Crippen LogP contribution in [-0.2, 0) is 9.53 Å². The summed E-state index contributed by atoms with van der Waals surface area (Å²) < 4.78 is 5.06. The monoisotopic (exact) mass is 170 g/mol. The summed E-state index contributed by atoms with van der Waals surface area (Å²) in [6, 6.07) is 0. The first-order valence-corrected chi connectivity index (χ1v) is 4.22. The van der Waals surface area contributed by atoms with E-state index in [-0.39, 0.29) is 5.97 Å². The third-order valence-corrected chi connectivity index (χ3v) is 1.02. The van der Waals surface area contributed by atoms with Gasteiger partial charge in [-0.3, -0.25) is 0 Å². The molecule has 0 radical (unpaired) electrons. The van der Waals surface area contributed by atoms with E-state index in [0.717, 1.165) is 0 Å². The largest absolute Gasteiger partial charge is 0.457 e. The Morgan fingerprint density at radius 2 is 1.83 bits per heavy atom. The van der Waals surface area contributed by atoms with Crippen molar-refractivity contribution in [3.05, 3.63) is 12.2 Å². The van der Waals surface area contributed by atoms with Crippen LogP contribution < -0.4 is 0 Å². The van der Waals surface area contributed by atoms with Gasteiger partial charge in [0, 0.05) is 6.08 Å². The summed E-state index contributed by atoms with van der Waals surface area (Å²) in [5.74, 6) is 0.119. The maximum absolute atomic E-state index is 11.1. The molecular formula is C10H18O2. The van der Waals surface area contributed by atoms with Crippen LogP contribution >= 0.6 is 0 Å². The molecule has 0 aromatic carbocycles. The fraction of sp³-hybridized carbons (Fsp3) is 0.700. The van der Waals surface area contributed by atoms with Crippen molar-refractivity contribution in [3.63, 3.8) is 0 Å². The zero-order valence-electron chi connectivity index (χ0n) is 8.55. The van der Waals surface area contributed by atoms with Crippen LogP contribution in [0.2, 0.25) is 0 Å². The molecule has 0 N–H and O–H groups in total. The summed E-state index contributed by atoms with van der Waals surface area (Å²) in [6.07, 6.45) is 3.31. The van der Waals surface area contributed by atoms with Gasteiger partial charge in [-0.15, -0.1) is 0 Å². The summed E-state index contributed by atoms with van der Waals surface area (Å²) >= 11 is 0. The highest BCUT2D eigenvalue weighted by Crippen LogP contribution is 2.07. The van der Waals surface area contributed by atoms with Crippen LogP contribution in [0.5, 0.6) is 0 Å². The molecule has 0 aliphatic carbocycles. The van der Waals surface area contributed by atoms with E-state index < -0.39 is 5.60 Å². The fourth-order valence-corrected chi connectivity index (χ4v) is 0.607. The smallest absolute Gasteiger partial charge is 0.330 e. The van der Waals surface area contributed by atoms with Crippen molar-refractivity contribution in [1.29, 1.82) is 0 Å². The zero-order chi connectivity index (χ0) is 9.78. The Balaban J connectivity index is 3.91. The van der Waals surface area contributed by atoms with Crippen molar-refractivity contribution in [2.24, 2.45) is 5.92 Å². The van der Waals surface area contributed by atoms with Crippen LogP contribution in [0.25, 0.3) is 0 Å².